The van der Waals surface area contributed by atoms with Crippen molar-refractivity contribution in [3.63, 3.8) is 0 Å². The van der Waals surface area contributed by atoms with Crippen molar-refractivity contribution < 1.29 is 22.7 Å². The van der Waals surface area contributed by atoms with E-state index in [1.54, 1.807) is 18.2 Å². The first-order valence-corrected chi connectivity index (χ1v) is 5.04. The van der Waals surface area contributed by atoms with Crippen LogP contribution in [-0.4, -0.2) is 19.9 Å². The number of halogens is 4. The molecule has 0 aromatic heterocycles. The summed E-state index contributed by atoms with van der Waals surface area (Å²) < 4.78 is 40.4. The Morgan fingerprint density at radius 3 is 2.65 bits per heavy atom. The smallest absolute Gasteiger partial charge is 0.413 e. The third kappa shape index (κ3) is 4.80. The van der Waals surface area contributed by atoms with Crippen LogP contribution in [0.3, 0.4) is 0 Å². The second kappa shape index (κ2) is 6.09. The minimum Gasteiger partial charge on any atom is -0.496 e. The van der Waals surface area contributed by atoms with Crippen LogP contribution < -0.4 is 10.2 Å². The van der Waals surface area contributed by atoms with E-state index in [9.17, 15) is 13.2 Å². The maximum Gasteiger partial charge on any atom is 0.413 e. The van der Waals surface area contributed by atoms with Crippen LogP contribution in [0.25, 0.3) is 0 Å². The minimum atomic E-state index is -4.36. The topological polar surface area (TPSA) is 30.5 Å². The quantitative estimate of drug-likeness (QED) is 0.658. The molecule has 0 heterocycles. The molecular weight excluding hydrogens is 259 g/mol. The normalized spacial score (nSPS) is 11.6. The maximum atomic E-state index is 11.8. The van der Waals surface area contributed by atoms with Crippen molar-refractivity contribution in [1.82, 2.24) is 5.48 Å². The Bertz CT molecular complexity index is 371. The lowest BCUT2D eigenvalue weighted by atomic mass is 10.2. The molecule has 0 fully saturated rings. The van der Waals surface area contributed by atoms with Crippen molar-refractivity contribution in [2.75, 3.05) is 13.7 Å². The molecule has 0 amide bonds. The van der Waals surface area contributed by atoms with Gasteiger partial charge in [0, 0.05) is 10.6 Å². The lowest BCUT2D eigenvalue weighted by molar-refractivity contribution is -0.190. The highest BCUT2D eigenvalue weighted by Crippen LogP contribution is 2.25. The van der Waals surface area contributed by atoms with Gasteiger partial charge in [0.15, 0.2) is 6.61 Å². The molecule has 1 N–H and O–H groups in total. The molecule has 7 heteroatoms. The van der Waals surface area contributed by atoms with Crippen molar-refractivity contribution in [3.8, 4) is 5.75 Å². The Morgan fingerprint density at radius 2 is 2.06 bits per heavy atom. The third-order valence-electron chi connectivity index (χ3n) is 1.88. The van der Waals surface area contributed by atoms with Gasteiger partial charge < -0.3 is 4.74 Å². The molecule has 0 saturated heterocycles. The van der Waals surface area contributed by atoms with E-state index in [-0.39, 0.29) is 6.54 Å². The summed E-state index contributed by atoms with van der Waals surface area (Å²) in [5.41, 5.74) is 2.73. The van der Waals surface area contributed by atoms with Gasteiger partial charge in [-0.25, -0.2) is 0 Å². The van der Waals surface area contributed by atoms with Gasteiger partial charge in [0.05, 0.1) is 13.7 Å². The zero-order valence-electron chi connectivity index (χ0n) is 8.97. The first-order chi connectivity index (χ1) is 7.94. The van der Waals surface area contributed by atoms with Crippen molar-refractivity contribution in [1.29, 1.82) is 0 Å². The van der Waals surface area contributed by atoms with Gasteiger partial charge in [-0.2, -0.15) is 18.7 Å². The van der Waals surface area contributed by atoms with Gasteiger partial charge in [0.25, 0.3) is 0 Å². The van der Waals surface area contributed by atoms with Gasteiger partial charge in [0.1, 0.15) is 5.75 Å². The Labute approximate surface area is 101 Å². The number of ether oxygens (including phenoxy) is 1. The summed E-state index contributed by atoms with van der Waals surface area (Å²) in [5, 5.41) is 0.396. The Balaban J connectivity index is 2.52. The highest BCUT2D eigenvalue weighted by Gasteiger charge is 2.27. The average molecular weight is 270 g/mol. The molecule has 0 aliphatic heterocycles. The molecule has 0 spiro atoms. The fourth-order valence-electron chi connectivity index (χ4n) is 1.16. The molecule has 0 saturated carbocycles. The van der Waals surface area contributed by atoms with E-state index in [2.05, 4.69) is 10.3 Å². The van der Waals surface area contributed by atoms with Gasteiger partial charge in [0.2, 0.25) is 0 Å². The van der Waals surface area contributed by atoms with Crippen LogP contribution in [0.15, 0.2) is 18.2 Å². The maximum absolute atomic E-state index is 11.8. The summed E-state index contributed by atoms with van der Waals surface area (Å²) in [6.07, 6.45) is -4.36. The Hall–Kier alpha value is -0.980. The van der Waals surface area contributed by atoms with Crippen LogP contribution in [0.1, 0.15) is 5.56 Å². The summed E-state index contributed by atoms with van der Waals surface area (Å²) in [6, 6.07) is 4.96. The number of rotatable bonds is 5. The number of hydrogen-bond donors (Lipinski definition) is 1. The molecule has 17 heavy (non-hydrogen) atoms. The van der Waals surface area contributed by atoms with Crippen molar-refractivity contribution >= 4 is 11.6 Å². The fourth-order valence-corrected chi connectivity index (χ4v) is 1.39. The van der Waals surface area contributed by atoms with Crippen LogP contribution in [0.2, 0.25) is 5.02 Å². The van der Waals surface area contributed by atoms with E-state index in [1.165, 1.54) is 7.11 Å². The molecule has 3 nitrogen and oxygen atoms in total. The van der Waals surface area contributed by atoms with Crippen LogP contribution in [-0.2, 0) is 11.4 Å². The largest absolute Gasteiger partial charge is 0.496 e. The first-order valence-electron chi connectivity index (χ1n) is 4.67. The molecule has 0 unspecified atom stereocenters. The molecule has 0 atom stereocenters. The lowest BCUT2D eigenvalue weighted by Crippen LogP contribution is -2.24. The van der Waals surface area contributed by atoms with Gasteiger partial charge in [-0.3, -0.25) is 4.84 Å². The number of benzene rings is 1. The van der Waals surface area contributed by atoms with Gasteiger partial charge in [-0.1, -0.05) is 17.7 Å². The van der Waals surface area contributed by atoms with Crippen LogP contribution in [0, 0.1) is 0 Å². The van der Waals surface area contributed by atoms with Crippen molar-refractivity contribution in [2.24, 2.45) is 0 Å². The predicted octanol–water partition coefficient (Wildman–Crippen LogP) is 2.93. The number of methoxy groups -OCH3 is 1. The molecule has 0 radical (unpaired) electrons. The van der Waals surface area contributed by atoms with Gasteiger partial charge in [-0.05, 0) is 12.1 Å². The number of alkyl halides is 3. The highest BCUT2D eigenvalue weighted by molar-refractivity contribution is 6.31. The monoisotopic (exact) mass is 269 g/mol. The van der Waals surface area contributed by atoms with Crippen LogP contribution >= 0.6 is 11.6 Å². The van der Waals surface area contributed by atoms with E-state index < -0.39 is 12.8 Å². The number of hydrogen-bond acceptors (Lipinski definition) is 3. The van der Waals surface area contributed by atoms with E-state index in [0.717, 1.165) is 0 Å². The molecule has 0 aliphatic carbocycles. The SMILES string of the molecule is COc1cccc(Cl)c1CNOCC(F)(F)F. The summed E-state index contributed by atoms with van der Waals surface area (Å²) >= 11 is 5.88. The lowest BCUT2D eigenvalue weighted by Gasteiger charge is -2.12. The zero-order valence-corrected chi connectivity index (χ0v) is 9.73. The summed E-state index contributed by atoms with van der Waals surface area (Å²) in [6.45, 7) is -1.33. The number of hydroxylamine groups is 1. The fraction of sp³-hybridized carbons (Fsp3) is 0.400. The average Bonchev–Trinajstić information content (AvgIpc) is 2.24. The molecule has 0 bridgehead atoms. The van der Waals surface area contributed by atoms with E-state index in [0.29, 0.717) is 16.3 Å². The van der Waals surface area contributed by atoms with E-state index >= 15 is 0 Å². The Morgan fingerprint density at radius 1 is 1.35 bits per heavy atom. The van der Waals surface area contributed by atoms with Crippen LogP contribution in [0.4, 0.5) is 13.2 Å². The predicted molar refractivity (Wildman–Crippen MR) is 56.9 cm³/mol. The third-order valence-corrected chi connectivity index (χ3v) is 2.24. The van der Waals surface area contributed by atoms with E-state index in [4.69, 9.17) is 16.3 Å². The first kappa shape index (κ1) is 14.1. The molecule has 96 valence electrons. The van der Waals surface area contributed by atoms with Crippen molar-refractivity contribution in [3.05, 3.63) is 28.8 Å². The van der Waals surface area contributed by atoms with Crippen LogP contribution in [0.5, 0.6) is 5.75 Å². The van der Waals surface area contributed by atoms with E-state index in [1.807, 2.05) is 0 Å². The number of nitrogens with one attached hydrogen (secondary N) is 1. The van der Waals surface area contributed by atoms with Crippen molar-refractivity contribution in [2.45, 2.75) is 12.7 Å². The molecule has 0 aliphatic rings. The molecule has 1 aromatic carbocycles. The Kier molecular flexibility index (Phi) is 5.04. The van der Waals surface area contributed by atoms with Gasteiger partial charge >= 0.3 is 6.18 Å². The summed E-state index contributed by atoms with van der Waals surface area (Å²) in [7, 11) is 1.45. The standard InChI is InChI=1S/C10H11ClF3NO2/c1-16-9-4-2-3-8(11)7(9)5-15-17-6-10(12,13)14/h2-4,15H,5-6H2,1H3. The molecule has 1 aromatic rings. The molecular formula is C10H11ClF3NO2. The van der Waals surface area contributed by atoms with Gasteiger partial charge in [-0.15, -0.1) is 0 Å². The second-order valence-electron chi connectivity index (χ2n) is 3.15. The summed E-state index contributed by atoms with van der Waals surface area (Å²) in [5.74, 6) is 0.487. The minimum absolute atomic E-state index is 0.0267. The highest BCUT2D eigenvalue weighted by atomic mass is 35.5. The molecule has 1 rings (SSSR count). The zero-order chi connectivity index (χ0) is 12.9. The summed E-state index contributed by atoms with van der Waals surface area (Å²) in [4.78, 5) is 4.27. The second-order valence-corrected chi connectivity index (χ2v) is 3.55.